The van der Waals surface area contributed by atoms with Crippen LogP contribution >= 0.6 is 0 Å². The van der Waals surface area contributed by atoms with Gasteiger partial charge in [-0.05, 0) is 88.9 Å². The molecule has 10 nitrogen and oxygen atoms in total. The van der Waals surface area contributed by atoms with Crippen LogP contribution in [0.4, 0.5) is 0 Å². The lowest BCUT2D eigenvalue weighted by Gasteiger charge is -2.35. The Balaban J connectivity index is 0.995. The van der Waals surface area contributed by atoms with Crippen LogP contribution in [0.2, 0.25) is 0 Å². The predicted molar refractivity (Wildman–Crippen MR) is 242 cm³/mol. The molecule has 6 heterocycles. The van der Waals surface area contributed by atoms with Crippen molar-refractivity contribution in [2.24, 2.45) is 0 Å². The SMILES string of the molecule is COc1cc2c(cc1OC)C(c1cccc(-c3nc4ccccn4c3/C=C/C(=O)N3CCc4ccccc4C3)c1)CN(C(=O)/C=C/c1c(-c3ccccc3)nc3ccccn13)C2. The van der Waals surface area contributed by atoms with Crippen LogP contribution in [0.15, 0.2) is 152 Å². The first-order chi connectivity index (χ1) is 30.4. The molecule has 4 aromatic carbocycles. The molecular weight excluding hydrogens is 773 g/mol. The number of carbonyl (C=O) groups is 2. The molecule has 0 saturated heterocycles. The average molecular weight is 817 g/mol. The van der Waals surface area contributed by atoms with Gasteiger partial charge in [0.25, 0.3) is 0 Å². The van der Waals surface area contributed by atoms with Gasteiger partial charge in [-0.1, -0.05) is 84.9 Å². The summed E-state index contributed by atoms with van der Waals surface area (Å²) < 4.78 is 15.6. The highest BCUT2D eigenvalue weighted by Crippen LogP contribution is 2.41. The third kappa shape index (κ3) is 7.19. The molecule has 1 unspecified atom stereocenters. The van der Waals surface area contributed by atoms with E-state index in [1.807, 2.05) is 134 Å². The molecule has 0 N–H and O–H groups in total. The molecule has 10 heteroatoms. The van der Waals surface area contributed by atoms with E-state index in [2.05, 4.69) is 36.4 Å². The van der Waals surface area contributed by atoms with Crippen LogP contribution in [-0.4, -0.2) is 67.7 Å². The number of nitrogens with zero attached hydrogens (tertiary/aromatic N) is 6. The molecule has 8 aromatic rings. The van der Waals surface area contributed by atoms with E-state index in [9.17, 15) is 9.59 Å². The third-order valence-corrected chi connectivity index (χ3v) is 12.0. The van der Waals surface area contributed by atoms with E-state index < -0.39 is 0 Å². The Kier molecular flexibility index (Phi) is 10.2. The van der Waals surface area contributed by atoms with Crippen LogP contribution in [0.1, 0.15) is 45.1 Å². The number of methoxy groups -OCH3 is 2. The quantitative estimate of drug-likeness (QED) is 0.135. The molecule has 2 aliphatic rings. The molecule has 0 aliphatic carbocycles. The van der Waals surface area contributed by atoms with Crippen LogP contribution in [0.25, 0.3) is 46.0 Å². The minimum absolute atomic E-state index is 0.0372. The van der Waals surface area contributed by atoms with Crippen molar-refractivity contribution in [3.63, 3.8) is 0 Å². The van der Waals surface area contributed by atoms with Gasteiger partial charge in [0.2, 0.25) is 11.8 Å². The highest BCUT2D eigenvalue weighted by Gasteiger charge is 2.31. The van der Waals surface area contributed by atoms with E-state index in [0.29, 0.717) is 37.7 Å². The lowest BCUT2D eigenvalue weighted by molar-refractivity contribution is -0.127. The average Bonchev–Trinajstić information content (AvgIpc) is 3.90. The maximum atomic E-state index is 14.4. The Bertz CT molecular complexity index is 3050. The molecule has 2 aliphatic heterocycles. The Morgan fingerprint density at radius 3 is 1.87 bits per heavy atom. The molecule has 4 aromatic heterocycles. The van der Waals surface area contributed by atoms with Crippen molar-refractivity contribution in [3.8, 4) is 34.0 Å². The number of fused-ring (bicyclic) bond motifs is 4. The Morgan fingerprint density at radius 2 is 1.18 bits per heavy atom. The zero-order valence-corrected chi connectivity index (χ0v) is 34.5. The molecule has 306 valence electrons. The minimum Gasteiger partial charge on any atom is -0.493 e. The van der Waals surface area contributed by atoms with Crippen LogP contribution in [0.5, 0.6) is 11.5 Å². The van der Waals surface area contributed by atoms with E-state index >= 15 is 0 Å². The van der Waals surface area contributed by atoms with Crippen molar-refractivity contribution in [2.75, 3.05) is 27.3 Å². The van der Waals surface area contributed by atoms with E-state index in [1.165, 1.54) is 11.1 Å². The topological polar surface area (TPSA) is 93.7 Å². The van der Waals surface area contributed by atoms with Crippen molar-refractivity contribution in [1.82, 2.24) is 28.6 Å². The summed E-state index contributed by atoms with van der Waals surface area (Å²) in [4.78, 5) is 41.8. The lowest BCUT2D eigenvalue weighted by atomic mass is 9.83. The van der Waals surface area contributed by atoms with Crippen molar-refractivity contribution in [3.05, 3.63) is 191 Å². The summed E-state index contributed by atoms with van der Waals surface area (Å²) in [5.41, 5.74) is 12.2. The smallest absolute Gasteiger partial charge is 0.246 e. The number of carbonyl (C=O) groups excluding carboxylic acids is 2. The fourth-order valence-electron chi connectivity index (χ4n) is 8.91. The largest absolute Gasteiger partial charge is 0.493 e. The number of amides is 2. The van der Waals surface area contributed by atoms with Gasteiger partial charge in [-0.3, -0.25) is 18.4 Å². The number of rotatable bonds is 9. The van der Waals surface area contributed by atoms with Crippen LogP contribution in [-0.2, 0) is 29.1 Å². The standard InChI is InChI=1S/C52H44N6O4/c1-61-45-30-40-33-56(50(60)24-22-43-51(36-14-4-3-5-15-36)53-47-19-8-10-26-57(43)47)34-42(41(40)31-46(45)62-2)37-17-12-18-38(29-37)52-44(58-27-11-9-20-48(58)54-52)21-23-49(59)55-28-25-35-13-6-7-16-39(35)32-55/h3-24,26-27,29-31,42H,25,28,32-34H2,1-2H3/b23-21+,24-22+. The van der Waals surface area contributed by atoms with Gasteiger partial charge >= 0.3 is 0 Å². The van der Waals surface area contributed by atoms with Crippen LogP contribution < -0.4 is 9.47 Å². The van der Waals surface area contributed by atoms with Gasteiger partial charge in [-0.25, -0.2) is 9.97 Å². The summed E-state index contributed by atoms with van der Waals surface area (Å²) in [5.74, 6) is 0.871. The maximum absolute atomic E-state index is 14.4. The second kappa shape index (κ2) is 16.4. The van der Waals surface area contributed by atoms with Crippen molar-refractivity contribution < 1.29 is 19.1 Å². The summed E-state index contributed by atoms with van der Waals surface area (Å²) in [6.07, 6.45) is 11.9. The Morgan fingerprint density at radius 1 is 0.597 bits per heavy atom. The number of hydrogen-bond donors (Lipinski definition) is 0. The molecule has 0 fully saturated rings. The molecule has 1 atom stereocenters. The molecular formula is C52H44N6O4. The molecule has 2 amide bonds. The van der Waals surface area contributed by atoms with Gasteiger partial charge in [-0.15, -0.1) is 0 Å². The van der Waals surface area contributed by atoms with Crippen LogP contribution in [0.3, 0.4) is 0 Å². The van der Waals surface area contributed by atoms with Gasteiger partial charge in [0, 0.05) is 67.8 Å². The summed E-state index contributed by atoms with van der Waals surface area (Å²) in [7, 11) is 3.26. The summed E-state index contributed by atoms with van der Waals surface area (Å²) in [5, 5.41) is 0. The molecule has 0 radical (unpaired) electrons. The van der Waals surface area contributed by atoms with Crippen molar-refractivity contribution in [1.29, 1.82) is 0 Å². The van der Waals surface area contributed by atoms with Gasteiger partial charge in [-0.2, -0.15) is 0 Å². The fraction of sp³-hybridized carbons (Fsp3) is 0.154. The van der Waals surface area contributed by atoms with Gasteiger partial charge in [0.05, 0.1) is 37.0 Å². The number of aromatic nitrogens is 4. The zero-order chi connectivity index (χ0) is 42.2. The van der Waals surface area contributed by atoms with Crippen molar-refractivity contribution in [2.45, 2.75) is 25.4 Å². The van der Waals surface area contributed by atoms with E-state index in [0.717, 1.165) is 68.3 Å². The second-order valence-corrected chi connectivity index (χ2v) is 15.7. The number of pyridine rings is 2. The highest BCUT2D eigenvalue weighted by molar-refractivity contribution is 5.94. The normalized spacial score (nSPS) is 15.0. The summed E-state index contributed by atoms with van der Waals surface area (Å²) in [6.45, 7) is 2.09. The van der Waals surface area contributed by atoms with Crippen LogP contribution in [0, 0.1) is 0 Å². The fourth-order valence-corrected chi connectivity index (χ4v) is 8.91. The predicted octanol–water partition coefficient (Wildman–Crippen LogP) is 9.12. The van der Waals surface area contributed by atoms with Gasteiger partial charge in [0.15, 0.2) is 11.5 Å². The maximum Gasteiger partial charge on any atom is 0.246 e. The van der Waals surface area contributed by atoms with Gasteiger partial charge in [0.1, 0.15) is 11.3 Å². The number of imidazole rings is 2. The first-order valence-electron chi connectivity index (χ1n) is 20.8. The molecule has 0 bridgehead atoms. The highest BCUT2D eigenvalue weighted by atomic mass is 16.5. The third-order valence-electron chi connectivity index (χ3n) is 12.0. The summed E-state index contributed by atoms with van der Waals surface area (Å²) >= 11 is 0. The molecule has 0 saturated carbocycles. The van der Waals surface area contributed by atoms with Gasteiger partial charge < -0.3 is 19.3 Å². The lowest BCUT2D eigenvalue weighted by Crippen LogP contribution is -2.37. The number of ether oxygens (including phenoxy) is 2. The summed E-state index contributed by atoms with van der Waals surface area (Å²) in [6, 6.07) is 42.5. The number of benzene rings is 4. The molecule has 0 spiro atoms. The first kappa shape index (κ1) is 38.5. The zero-order valence-electron chi connectivity index (χ0n) is 34.5. The Hall–Kier alpha value is -7.72. The molecule has 62 heavy (non-hydrogen) atoms. The van der Waals surface area contributed by atoms with E-state index in [1.54, 1.807) is 26.4 Å². The first-order valence-corrected chi connectivity index (χ1v) is 20.8. The Labute approximate surface area is 359 Å². The monoisotopic (exact) mass is 816 g/mol. The second-order valence-electron chi connectivity index (χ2n) is 15.7. The van der Waals surface area contributed by atoms with Crippen molar-refractivity contribution >= 4 is 35.3 Å². The number of hydrogen-bond acceptors (Lipinski definition) is 6. The van der Waals surface area contributed by atoms with E-state index in [-0.39, 0.29) is 17.7 Å². The minimum atomic E-state index is -0.203. The molecule has 10 rings (SSSR count). The van der Waals surface area contributed by atoms with E-state index in [4.69, 9.17) is 19.4 Å².